The van der Waals surface area contributed by atoms with Crippen LogP contribution in [-0.4, -0.2) is 36.9 Å². The summed E-state index contributed by atoms with van der Waals surface area (Å²) in [5.41, 5.74) is 8.50. The van der Waals surface area contributed by atoms with Crippen molar-refractivity contribution in [3.8, 4) is 16.2 Å². The van der Waals surface area contributed by atoms with E-state index < -0.39 is 5.41 Å². The van der Waals surface area contributed by atoms with Crippen molar-refractivity contribution >= 4 is 23.2 Å². The average Bonchev–Trinajstić information content (AvgIpc) is 3.49. The SMILES string of the molecule is COc1ccc(CCC(=O)N2CCC(Cc3ccccc3-c3cccs3)(C(N)=O)C2)cc1. The fourth-order valence-electron chi connectivity index (χ4n) is 4.43. The van der Waals surface area contributed by atoms with Gasteiger partial charge >= 0.3 is 0 Å². The molecule has 2 aromatic carbocycles. The molecule has 4 rings (SSSR count). The molecule has 2 N–H and O–H groups in total. The van der Waals surface area contributed by atoms with Crippen LogP contribution in [0.1, 0.15) is 24.0 Å². The number of methoxy groups -OCH3 is 1. The van der Waals surface area contributed by atoms with Crippen molar-refractivity contribution < 1.29 is 14.3 Å². The number of aryl methyl sites for hydroxylation is 1. The highest BCUT2D eigenvalue weighted by Crippen LogP contribution is 2.38. The van der Waals surface area contributed by atoms with Gasteiger partial charge in [0.15, 0.2) is 0 Å². The molecule has 0 spiro atoms. The van der Waals surface area contributed by atoms with E-state index in [9.17, 15) is 9.59 Å². The predicted octanol–water partition coefficient (Wildman–Crippen LogP) is 4.30. The number of rotatable bonds is 8. The van der Waals surface area contributed by atoms with Crippen molar-refractivity contribution in [1.82, 2.24) is 4.90 Å². The zero-order chi connectivity index (χ0) is 22.6. The van der Waals surface area contributed by atoms with Crippen LogP contribution >= 0.6 is 11.3 Å². The number of nitrogens with two attached hydrogens (primary N) is 1. The second-order valence-corrected chi connectivity index (χ2v) is 9.32. The topological polar surface area (TPSA) is 72.6 Å². The second kappa shape index (κ2) is 9.57. The molecule has 32 heavy (non-hydrogen) atoms. The zero-order valence-electron chi connectivity index (χ0n) is 18.3. The van der Waals surface area contributed by atoms with Crippen molar-refractivity contribution in [3.63, 3.8) is 0 Å². The molecule has 2 amide bonds. The fraction of sp³-hybridized carbons (Fsp3) is 0.308. The Kier molecular flexibility index (Phi) is 6.61. The summed E-state index contributed by atoms with van der Waals surface area (Å²) in [4.78, 5) is 28.5. The molecule has 1 unspecified atom stereocenters. The molecular formula is C26H28N2O3S. The van der Waals surface area contributed by atoms with Crippen LogP contribution in [0.4, 0.5) is 0 Å². The minimum Gasteiger partial charge on any atom is -0.497 e. The Hall–Kier alpha value is -3.12. The van der Waals surface area contributed by atoms with Gasteiger partial charge < -0.3 is 15.4 Å². The number of carbonyl (C=O) groups is 2. The standard InChI is InChI=1S/C26H28N2O3S/c1-31-21-11-8-19(9-12-21)10-13-24(29)28-15-14-26(18-28,25(27)30)17-20-5-2-3-6-22(20)23-7-4-16-32-23/h2-9,11-12,16H,10,13-15,17-18H2,1H3,(H2,27,30). The number of carbonyl (C=O) groups excluding carboxylic acids is 2. The summed E-state index contributed by atoms with van der Waals surface area (Å²) in [6.07, 6.45) is 2.20. The Bertz CT molecular complexity index is 1080. The number of benzene rings is 2. The van der Waals surface area contributed by atoms with E-state index in [1.54, 1.807) is 18.4 Å². The van der Waals surface area contributed by atoms with Crippen LogP contribution in [0, 0.1) is 5.41 Å². The van der Waals surface area contributed by atoms with E-state index in [-0.39, 0.29) is 11.8 Å². The van der Waals surface area contributed by atoms with Gasteiger partial charge in [-0.1, -0.05) is 42.5 Å². The summed E-state index contributed by atoms with van der Waals surface area (Å²) < 4.78 is 5.18. The zero-order valence-corrected chi connectivity index (χ0v) is 19.1. The summed E-state index contributed by atoms with van der Waals surface area (Å²) in [6, 6.07) is 20.0. The van der Waals surface area contributed by atoms with Gasteiger partial charge in [-0.2, -0.15) is 0 Å². The lowest BCUT2D eigenvalue weighted by Gasteiger charge is -2.27. The fourth-order valence-corrected chi connectivity index (χ4v) is 5.22. The van der Waals surface area contributed by atoms with Crippen LogP contribution < -0.4 is 10.5 Å². The first-order valence-electron chi connectivity index (χ1n) is 10.8. The van der Waals surface area contributed by atoms with E-state index in [4.69, 9.17) is 10.5 Å². The van der Waals surface area contributed by atoms with Gasteiger partial charge in [0.2, 0.25) is 11.8 Å². The molecule has 3 aromatic rings. The van der Waals surface area contributed by atoms with Crippen molar-refractivity contribution in [3.05, 3.63) is 77.2 Å². The van der Waals surface area contributed by atoms with E-state index in [1.165, 1.54) is 4.88 Å². The number of hydrogen-bond donors (Lipinski definition) is 1. The van der Waals surface area contributed by atoms with Crippen LogP contribution in [0.3, 0.4) is 0 Å². The molecular weight excluding hydrogens is 420 g/mol. The average molecular weight is 449 g/mol. The molecule has 0 aliphatic carbocycles. The van der Waals surface area contributed by atoms with Crippen LogP contribution in [-0.2, 0) is 22.4 Å². The maximum absolute atomic E-state index is 12.9. The van der Waals surface area contributed by atoms with E-state index in [2.05, 4.69) is 23.6 Å². The molecule has 1 saturated heterocycles. The number of likely N-dealkylation sites (tertiary alicyclic amines) is 1. The Morgan fingerprint density at radius 1 is 1.09 bits per heavy atom. The minimum atomic E-state index is -0.733. The monoisotopic (exact) mass is 448 g/mol. The molecule has 0 bridgehead atoms. The number of primary amides is 1. The molecule has 166 valence electrons. The van der Waals surface area contributed by atoms with E-state index >= 15 is 0 Å². The van der Waals surface area contributed by atoms with Gasteiger partial charge in [0.25, 0.3) is 0 Å². The Morgan fingerprint density at radius 3 is 2.56 bits per heavy atom. The third-order valence-corrected chi connectivity index (χ3v) is 7.25. The highest BCUT2D eigenvalue weighted by molar-refractivity contribution is 7.13. The molecule has 6 heteroatoms. The van der Waals surface area contributed by atoms with Crippen molar-refractivity contribution in [2.45, 2.75) is 25.7 Å². The molecule has 1 fully saturated rings. The molecule has 5 nitrogen and oxygen atoms in total. The van der Waals surface area contributed by atoms with Gasteiger partial charge in [-0.3, -0.25) is 9.59 Å². The lowest BCUT2D eigenvalue weighted by molar-refractivity contribution is -0.132. The van der Waals surface area contributed by atoms with Gasteiger partial charge in [-0.25, -0.2) is 0 Å². The quantitative estimate of drug-likeness (QED) is 0.558. The number of ether oxygens (including phenoxy) is 1. The maximum atomic E-state index is 12.9. The third kappa shape index (κ3) is 4.70. The largest absolute Gasteiger partial charge is 0.497 e. The van der Waals surface area contributed by atoms with Crippen LogP contribution in [0.25, 0.3) is 10.4 Å². The van der Waals surface area contributed by atoms with Crippen molar-refractivity contribution in [2.75, 3.05) is 20.2 Å². The summed E-state index contributed by atoms with van der Waals surface area (Å²) in [6.45, 7) is 0.939. The van der Waals surface area contributed by atoms with Crippen LogP contribution in [0.5, 0.6) is 5.75 Å². The van der Waals surface area contributed by atoms with E-state index in [0.717, 1.165) is 22.4 Å². The normalized spacial score (nSPS) is 18.0. The molecule has 1 aliphatic rings. The van der Waals surface area contributed by atoms with Gasteiger partial charge in [-0.05, 0) is 59.5 Å². The number of hydrogen-bond acceptors (Lipinski definition) is 4. The number of nitrogens with zero attached hydrogens (tertiary/aromatic N) is 1. The maximum Gasteiger partial charge on any atom is 0.225 e. The molecule has 0 radical (unpaired) electrons. The van der Waals surface area contributed by atoms with E-state index in [1.807, 2.05) is 47.4 Å². The summed E-state index contributed by atoms with van der Waals surface area (Å²) in [7, 11) is 1.63. The highest BCUT2D eigenvalue weighted by Gasteiger charge is 2.45. The van der Waals surface area contributed by atoms with Gasteiger partial charge in [0.1, 0.15) is 5.75 Å². The lowest BCUT2D eigenvalue weighted by Crippen LogP contribution is -2.42. The van der Waals surface area contributed by atoms with Crippen molar-refractivity contribution in [1.29, 1.82) is 0 Å². The highest BCUT2D eigenvalue weighted by atomic mass is 32.1. The van der Waals surface area contributed by atoms with Gasteiger partial charge in [0, 0.05) is 24.4 Å². The van der Waals surface area contributed by atoms with Crippen LogP contribution in [0.2, 0.25) is 0 Å². The Morgan fingerprint density at radius 2 is 1.88 bits per heavy atom. The second-order valence-electron chi connectivity index (χ2n) is 8.37. The third-order valence-electron chi connectivity index (χ3n) is 6.35. The smallest absolute Gasteiger partial charge is 0.225 e. The minimum absolute atomic E-state index is 0.0653. The number of thiophene rings is 1. The first-order valence-corrected chi connectivity index (χ1v) is 11.7. The predicted molar refractivity (Wildman–Crippen MR) is 128 cm³/mol. The van der Waals surface area contributed by atoms with Gasteiger partial charge in [0.05, 0.1) is 12.5 Å². The summed E-state index contributed by atoms with van der Waals surface area (Å²) >= 11 is 1.68. The molecule has 1 aromatic heterocycles. The summed E-state index contributed by atoms with van der Waals surface area (Å²) in [5.74, 6) is 0.535. The van der Waals surface area contributed by atoms with E-state index in [0.29, 0.717) is 38.8 Å². The Balaban J connectivity index is 1.45. The molecule has 1 atom stereocenters. The Labute approximate surface area is 192 Å². The molecule has 0 saturated carbocycles. The number of amides is 2. The van der Waals surface area contributed by atoms with Crippen LogP contribution in [0.15, 0.2) is 66.0 Å². The van der Waals surface area contributed by atoms with Gasteiger partial charge in [-0.15, -0.1) is 11.3 Å². The first-order chi connectivity index (χ1) is 15.5. The molecule has 1 aliphatic heterocycles. The molecule has 2 heterocycles. The lowest BCUT2D eigenvalue weighted by atomic mass is 9.79. The first kappa shape index (κ1) is 22.1. The summed E-state index contributed by atoms with van der Waals surface area (Å²) in [5, 5.41) is 2.05. The van der Waals surface area contributed by atoms with Crippen molar-refractivity contribution in [2.24, 2.45) is 11.1 Å².